The highest BCUT2D eigenvalue weighted by atomic mass is 32.1. The van der Waals surface area contributed by atoms with Crippen molar-refractivity contribution < 1.29 is 4.52 Å². The maximum Gasteiger partial charge on any atom is 0.315 e. The number of aromatic nitrogens is 2. The molecule has 0 amide bonds. The van der Waals surface area contributed by atoms with Crippen LogP contribution in [0.3, 0.4) is 0 Å². The fourth-order valence-corrected chi connectivity index (χ4v) is 1.33. The molecule has 2 rings (SSSR count). The Kier molecular flexibility index (Phi) is 2.79. The molecule has 0 aliphatic heterocycles. The minimum absolute atomic E-state index is 0.147. The summed E-state index contributed by atoms with van der Waals surface area (Å²) in [5.74, 6) is 6.19. The second kappa shape index (κ2) is 4.24. The first-order valence-electron chi connectivity index (χ1n) is 4.37. The molecule has 1 heterocycles. The van der Waals surface area contributed by atoms with Gasteiger partial charge in [-0.25, -0.2) is 5.84 Å². The van der Waals surface area contributed by atoms with Crippen LogP contribution < -0.4 is 10.9 Å². The Balaban J connectivity index is 2.10. The smallest absolute Gasteiger partial charge is 0.315 e. The predicted molar refractivity (Wildman–Crippen MR) is 58.5 cm³/mol. The van der Waals surface area contributed by atoms with Gasteiger partial charge < -0.3 is 4.52 Å². The second-order valence-corrected chi connectivity index (χ2v) is 3.37. The van der Waals surface area contributed by atoms with E-state index in [0.29, 0.717) is 12.5 Å². The van der Waals surface area contributed by atoms with Gasteiger partial charge in [0.2, 0.25) is 0 Å². The maximum atomic E-state index is 5.77. The monoisotopic (exact) mass is 222 g/mol. The van der Waals surface area contributed by atoms with Crippen LogP contribution in [0.2, 0.25) is 0 Å². The van der Waals surface area contributed by atoms with Crippen molar-refractivity contribution in [3.8, 4) is 0 Å². The lowest BCUT2D eigenvalue weighted by Gasteiger charge is -2.13. The summed E-state index contributed by atoms with van der Waals surface area (Å²) in [5.41, 5.74) is 1.09. The fraction of sp³-hybridized carbons (Fsp3) is 0.111. The maximum absolute atomic E-state index is 5.77. The number of anilines is 1. The van der Waals surface area contributed by atoms with Crippen molar-refractivity contribution in [2.24, 2.45) is 5.84 Å². The molecule has 78 valence electrons. The molecule has 0 radical (unpaired) electrons. The average Bonchev–Trinajstić information content (AvgIpc) is 2.66. The molecule has 1 aromatic carbocycles. The van der Waals surface area contributed by atoms with E-state index >= 15 is 0 Å². The molecule has 0 spiro atoms. The first-order chi connectivity index (χ1) is 7.25. The van der Waals surface area contributed by atoms with Gasteiger partial charge in [-0.15, -0.1) is 0 Å². The van der Waals surface area contributed by atoms with E-state index in [1.54, 1.807) is 0 Å². The van der Waals surface area contributed by atoms with Crippen molar-refractivity contribution >= 4 is 18.2 Å². The van der Waals surface area contributed by atoms with Crippen LogP contribution in [0.5, 0.6) is 0 Å². The summed E-state index contributed by atoms with van der Waals surface area (Å²) < 4.78 is 4.78. The largest absolute Gasteiger partial charge is 0.346 e. The lowest BCUT2D eigenvalue weighted by atomic mass is 10.2. The van der Waals surface area contributed by atoms with E-state index in [9.17, 15) is 0 Å². The molecule has 6 heteroatoms. The molecular weight excluding hydrogens is 212 g/mol. The molecule has 15 heavy (non-hydrogen) atoms. The van der Waals surface area contributed by atoms with Gasteiger partial charge in [0.1, 0.15) is 0 Å². The number of nitrogens with one attached hydrogen (secondary N) is 1. The van der Waals surface area contributed by atoms with Crippen LogP contribution in [-0.2, 0) is 6.54 Å². The van der Waals surface area contributed by atoms with Gasteiger partial charge in [0.25, 0.3) is 5.95 Å². The highest BCUT2D eigenvalue weighted by Gasteiger charge is 2.06. The quantitative estimate of drug-likeness (QED) is 0.469. The van der Waals surface area contributed by atoms with Gasteiger partial charge in [-0.1, -0.05) is 30.3 Å². The first-order valence-corrected chi connectivity index (χ1v) is 4.78. The zero-order chi connectivity index (χ0) is 10.7. The Labute approximate surface area is 91.5 Å². The zero-order valence-electron chi connectivity index (χ0n) is 7.88. The third-order valence-electron chi connectivity index (χ3n) is 1.89. The minimum Gasteiger partial charge on any atom is -0.346 e. The van der Waals surface area contributed by atoms with E-state index in [1.165, 1.54) is 5.01 Å². The second-order valence-electron chi connectivity index (χ2n) is 3.02. The van der Waals surface area contributed by atoms with E-state index in [-0.39, 0.29) is 4.84 Å². The van der Waals surface area contributed by atoms with Crippen LogP contribution in [0.25, 0.3) is 0 Å². The molecular formula is C9H10N4OS. The van der Waals surface area contributed by atoms with Crippen molar-refractivity contribution in [1.82, 2.24) is 10.1 Å². The van der Waals surface area contributed by atoms with Crippen molar-refractivity contribution in [3.05, 3.63) is 40.7 Å². The van der Waals surface area contributed by atoms with E-state index < -0.39 is 0 Å². The van der Waals surface area contributed by atoms with Crippen LogP contribution >= 0.6 is 12.2 Å². The molecule has 0 aliphatic rings. The van der Waals surface area contributed by atoms with Crippen LogP contribution in [0, 0.1) is 4.84 Å². The van der Waals surface area contributed by atoms with Crippen LogP contribution in [0.4, 0.5) is 5.95 Å². The topological polar surface area (TPSA) is 71.1 Å². The van der Waals surface area contributed by atoms with Crippen molar-refractivity contribution in [3.63, 3.8) is 0 Å². The van der Waals surface area contributed by atoms with Gasteiger partial charge in [0.05, 0.1) is 6.54 Å². The number of H-pyrrole nitrogens is 1. The van der Waals surface area contributed by atoms with Gasteiger partial charge in [-0.2, -0.15) is 10.1 Å². The molecule has 0 unspecified atom stereocenters. The molecule has 0 saturated heterocycles. The highest BCUT2D eigenvalue weighted by Crippen LogP contribution is 2.07. The summed E-state index contributed by atoms with van der Waals surface area (Å²) in [6, 6.07) is 9.82. The lowest BCUT2D eigenvalue weighted by Crippen LogP contribution is -2.31. The zero-order valence-corrected chi connectivity index (χ0v) is 8.70. The summed E-state index contributed by atoms with van der Waals surface area (Å²) in [4.78, 5) is 4.05. The number of hydrogen-bond acceptors (Lipinski definition) is 5. The molecule has 5 nitrogen and oxygen atoms in total. The number of benzene rings is 1. The first kappa shape index (κ1) is 9.88. The summed E-state index contributed by atoms with van der Waals surface area (Å²) in [6.07, 6.45) is 0. The van der Waals surface area contributed by atoms with Crippen molar-refractivity contribution in [2.45, 2.75) is 6.54 Å². The Bertz CT molecular complexity index is 478. The Morgan fingerprint density at radius 2 is 2.13 bits per heavy atom. The molecule has 0 saturated carbocycles. The highest BCUT2D eigenvalue weighted by molar-refractivity contribution is 7.71. The Morgan fingerprint density at radius 3 is 2.73 bits per heavy atom. The van der Waals surface area contributed by atoms with Crippen LogP contribution in [0.15, 0.2) is 34.9 Å². The molecule has 0 atom stereocenters. The van der Waals surface area contributed by atoms with Gasteiger partial charge in [0.15, 0.2) is 0 Å². The van der Waals surface area contributed by atoms with Crippen molar-refractivity contribution in [1.29, 1.82) is 0 Å². The van der Waals surface area contributed by atoms with E-state index in [2.05, 4.69) is 10.1 Å². The number of nitrogens with two attached hydrogens (primary N) is 1. The van der Waals surface area contributed by atoms with E-state index in [1.807, 2.05) is 30.3 Å². The van der Waals surface area contributed by atoms with Gasteiger partial charge in [-0.3, -0.25) is 5.01 Å². The number of hydrogen-bond donors (Lipinski definition) is 2. The van der Waals surface area contributed by atoms with Crippen LogP contribution in [0.1, 0.15) is 5.56 Å². The summed E-state index contributed by atoms with van der Waals surface area (Å²) in [7, 11) is 0. The SMILES string of the molecule is NN(Cc1ccccc1)c1nc(=S)o[nH]1. The summed E-state index contributed by atoms with van der Waals surface area (Å²) >= 11 is 4.73. The van der Waals surface area contributed by atoms with Gasteiger partial charge in [-0.05, 0) is 17.8 Å². The Morgan fingerprint density at radius 1 is 1.40 bits per heavy atom. The lowest BCUT2D eigenvalue weighted by molar-refractivity contribution is 0.403. The van der Waals surface area contributed by atoms with Gasteiger partial charge in [0, 0.05) is 0 Å². The van der Waals surface area contributed by atoms with E-state index in [4.69, 9.17) is 22.6 Å². The normalized spacial score (nSPS) is 10.2. The number of hydrazine groups is 1. The number of nitrogens with zero attached hydrogens (tertiary/aromatic N) is 2. The third kappa shape index (κ3) is 2.42. The Hall–Kier alpha value is -1.66. The molecule has 0 aliphatic carbocycles. The standard InChI is InChI=1S/C9H10N4OS/c10-13(8-11-9(15)14-12-8)6-7-4-2-1-3-5-7/h1-5H,6,10H2,(H,11,12,15). The molecule has 0 bridgehead atoms. The fourth-order valence-electron chi connectivity index (χ4n) is 1.20. The number of rotatable bonds is 3. The summed E-state index contributed by atoms with van der Waals surface area (Å²) in [6.45, 7) is 0.540. The third-order valence-corrected chi connectivity index (χ3v) is 2.07. The average molecular weight is 222 g/mol. The molecule has 3 N–H and O–H groups in total. The molecule has 0 fully saturated rings. The van der Waals surface area contributed by atoms with Crippen molar-refractivity contribution in [2.75, 3.05) is 5.01 Å². The summed E-state index contributed by atoms with van der Waals surface area (Å²) in [5, 5.41) is 3.98. The molecule has 2 aromatic rings. The van der Waals surface area contributed by atoms with Crippen LogP contribution in [-0.4, -0.2) is 10.1 Å². The molecule has 1 aromatic heterocycles. The predicted octanol–water partition coefficient (Wildman–Crippen LogP) is 1.61. The van der Waals surface area contributed by atoms with E-state index in [0.717, 1.165) is 5.56 Å². The minimum atomic E-state index is 0.147. The van der Waals surface area contributed by atoms with Gasteiger partial charge >= 0.3 is 4.84 Å². The number of aromatic amines is 1.